The molecule has 0 fully saturated rings. The Morgan fingerprint density at radius 2 is 2.26 bits per heavy atom. The minimum absolute atomic E-state index is 0.175. The molecule has 2 amide bonds. The number of aromatic nitrogens is 1. The molecule has 0 aromatic carbocycles. The van der Waals surface area contributed by atoms with Gasteiger partial charge in [0.25, 0.3) is 0 Å². The van der Waals surface area contributed by atoms with Gasteiger partial charge in [0, 0.05) is 23.8 Å². The number of nitrogens with zero attached hydrogens (tertiary/aromatic N) is 3. The molecule has 7 heteroatoms. The van der Waals surface area contributed by atoms with Crippen LogP contribution < -0.4 is 5.32 Å². The fourth-order valence-electron chi connectivity index (χ4n) is 1.29. The lowest BCUT2D eigenvalue weighted by atomic mass is 10.2. The van der Waals surface area contributed by atoms with Gasteiger partial charge in [0.15, 0.2) is 0 Å². The van der Waals surface area contributed by atoms with Crippen molar-refractivity contribution in [1.82, 2.24) is 9.88 Å². The Balaban J connectivity index is 2.68. The molecule has 1 atom stereocenters. The van der Waals surface area contributed by atoms with Crippen molar-refractivity contribution in [2.24, 2.45) is 0 Å². The van der Waals surface area contributed by atoms with Crippen LogP contribution in [0.25, 0.3) is 0 Å². The molecular formula is C12H13BrN4O2. The van der Waals surface area contributed by atoms with Crippen LogP contribution in [0.15, 0.2) is 22.9 Å². The first-order valence-corrected chi connectivity index (χ1v) is 6.30. The molecule has 0 aliphatic rings. The standard InChI is InChI=1S/C12H13BrN4O2/c1-8(3-4-14)17(2)12(19)11(18)16-10-5-9(13)6-15-7-10/h5-8H,3H2,1-2H3,(H,16,18). The second kappa shape index (κ2) is 6.85. The van der Waals surface area contributed by atoms with Gasteiger partial charge in [-0.05, 0) is 28.9 Å². The minimum atomic E-state index is -0.757. The van der Waals surface area contributed by atoms with E-state index in [1.807, 2.05) is 6.07 Å². The van der Waals surface area contributed by atoms with E-state index in [0.29, 0.717) is 10.2 Å². The Morgan fingerprint density at radius 1 is 1.58 bits per heavy atom. The molecular weight excluding hydrogens is 312 g/mol. The SMILES string of the molecule is CC(CC#N)N(C)C(=O)C(=O)Nc1cncc(Br)c1. The van der Waals surface area contributed by atoms with Gasteiger partial charge >= 0.3 is 11.8 Å². The molecule has 1 aromatic heterocycles. The number of carbonyl (C=O) groups excluding carboxylic acids is 2. The predicted octanol–water partition coefficient (Wildman–Crippen LogP) is 1.54. The summed E-state index contributed by atoms with van der Waals surface area (Å²) in [7, 11) is 1.49. The second-order valence-corrected chi connectivity index (χ2v) is 4.89. The van der Waals surface area contributed by atoms with E-state index in [0.717, 1.165) is 0 Å². The van der Waals surface area contributed by atoms with E-state index in [2.05, 4.69) is 26.2 Å². The second-order valence-electron chi connectivity index (χ2n) is 3.97. The Bertz CT molecular complexity index is 527. The highest BCUT2D eigenvalue weighted by Gasteiger charge is 2.22. The lowest BCUT2D eigenvalue weighted by molar-refractivity contribution is -0.143. The van der Waals surface area contributed by atoms with Gasteiger partial charge in [0.2, 0.25) is 0 Å². The van der Waals surface area contributed by atoms with Gasteiger partial charge in [-0.1, -0.05) is 0 Å². The Morgan fingerprint density at radius 3 is 2.84 bits per heavy atom. The van der Waals surface area contributed by atoms with Crippen molar-refractivity contribution >= 4 is 33.4 Å². The van der Waals surface area contributed by atoms with E-state index in [4.69, 9.17) is 5.26 Å². The molecule has 0 aliphatic heterocycles. The van der Waals surface area contributed by atoms with Crippen LogP contribution >= 0.6 is 15.9 Å². The topological polar surface area (TPSA) is 86.1 Å². The highest BCUT2D eigenvalue weighted by Crippen LogP contribution is 2.13. The van der Waals surface area contributed by atoms with Gasteiger partial charge in [0.1, 0.15) is 0 Å². The number of likely N-dealkylation sites (N-methyl/N-ethyl adjacent to an activating group) is 1. The number of nitriles is 1. The number of nitrogens with one attached hydrogen (secondary N) is 1. The van der Waals surface area contributed by atoms with Crippen molar-refractivity contribution in [3.05, 3.63) is 22.9 Å². The summed E-state index contributed by atoms with van der Waals surface area (Å²) in [6, 6.07) is 3.28. The smallest absolute Gasteiger partial charge is 0.313 e. The van der Waals surface area contributed by atoms with Crippen molar-refractivity contribution in [2.45, 2.75) is 19.4 Å². The third kappa shape index (κ3) is 4.34. The summed E-state index contributed by atoms with van der Waals surface area (Å²) in [4.78, 5) is 28.7. The summed E-state index contributed by atoms with van der Waals surface area (Å²) in [6.45, 7) is 1.70. The lowest BCUT2D eigenvalue weighted by Gasteiger charge is -2.22. The van der Waals surface area contributed by atoms with Gasteiger partial charge in [-0.3, -0.25) is 14.6 Å². The molecule has 100 valence electrons. The molecule has 6 nitrogen and oxygen atoms in total. The first-order chi connectivity index (χ1) is 8.95. The van der Waals surface area contributed by atoms with E-state index in [1.165, 1.54) is 18.1 Å². The molecule has 1 N–H and O–H groups in total. The van der Waals surface area contributed by atoms with Crippen LogP contribution in [0.5, 0.6) is 0 Å². The van der Waals surface area contributed by atoms with Crippen LogP contribution in [-0.2, 0) is 9.59 Å². The summed E-state index contributed by atoms with van der Waals surface area (Å²) in [5, 5.41) is 11.0. The number of pyridine rings is 1. The number of carbonyl (C=O) groups is 2. The fraction of sp³-hybridized carbons (Fsp3) is 0.333. The van der Waals surface area contributed by atoms with Gasteiger partial charge in [-0.2, -0.15) is 5.26 Å². The average molecular weight is 325 g/mol. The third-order valence-corrected chi connectivity index (χ3v) is 2.96. The van der Waals surface area contributed by atoms with Gasteiger partial charge in [-0.15, -0.1) is 0 Å². The quantitative estimate of drug-likeness (QED) is 0.854. The molecule has 1 heterocycles. The maximum atomic E-state index is 11.8. The minimum Gasteiger partial charge on any atom is -0.334 e. The lowest BCUT2D eigenvalue weighted by Crippen LogP contribution is -2.42. The fourth-order valence-corrected chi connectivity index (χ4v) is 1.66. The van der Waals surface area contributed by atoms with Crippen LogP contribution in [0.3, 0.4) is 0 Å². The molecule has 0 bridgehead atoms. The number of amides is 2. The molecule has 0 saturated carbocycles. The maximum absolute atomic E-state index is 11.8. The highest BCUT2D eigenvalue weighted by molar-refractivity contribution is 9.10. The number of halogens is 1. The van der Waals surface area contributed by atoms with Crippen molar-refractivity contribution in [1.29, 1.82) is 5.26 Å². The zero-order valence-electron chi connectivity index (χ0n) is 10.6. The van der Waals surface area contributed by atoms with Crippen LogP contribution in [0.4, 0.5) is 5.69 Å². The number of anilines is 1. The van der Waals surface area contributed by atoms with Crippen molar-refractivity contribution < 1.29 is 9.59 Å². The van der Waals surface area contributed by atoms with Crippen molar-refractivity contribution in [2.75, 3.05) is 12.4 Å². The molecule has 0 saturated heterocycles. The first kappa shape index (κ1) is 15.1. The van der Waals surface area contributed by atoms with Crippen LogP contribution in [0, 0.1) is 11.3 Å². The zero-order valence-corrected chi connectivity index (χ0v) is 12.1. The summed E-state index contributed by atoms with van der Waals surface area (Å²) in [5.74, 6) is -1.45. The van der Waals surface area contributed by atoms with Gasteiger partial charge < -0.3 is 10.2 Å². The molecule has 1 unspecified atom stereocenters. The van der Waals surface area contributed by atoms with Crippen LogP contribution in [0.1, 0.15) is 13.3 Å². The summed E-state index contributed by atoms with van der Waals surface area (Å²) >= 11 is 3.22. The van der Waals surface area contributed by atoms with Crippen molar-refractivity contribution in [3.8, 4) is 6.07 Å². The van der Waals surface area contributed by atoms with Crippen LogP contribution in [-0.4, -0.2) is 34.8 Å². The Labute approximate surface area is 119 Å². The van der Waals surface area contributed by atoms with E-state index in [-0.39, 0.29) is 12.5 Å². The third-order valence-electron chi connectivity index (χ3n) is 2.53. The normalized spacial score (nSPS) is 11.3. The van der Waals surface area contributed by atoms with Crippen LogP contribution in [0.2, 0.25) is 0 Å². The van der Waals surface area contributed by atoms with Gasteiger partial charge in [0.05, 0.1) is 24.4 Å². The molecule has 0 spiro atoms. The highest BCUT2D eigenvalue weighted by atomic mass is 79.9. The number of hydrogen-bond donors (Lipinski definition) is 1. The van der Waals surface area contributed by atoms with E-state index >= 15 is 0 Å². The average Bonchev–Trinajstić information content (AvgIpc) is 2.37. The maximum Gasteiger partial charge on any atom is 0.313 e. The Hall–Kier alpha value is -1.94. The van der Waals surface area contributed by atoms with E-state index in [1.54, 1.807) is 19.2 Å². The zero-order chi connectivity index (χ0) is 14.4. The summed E-state index contributed by atoms with van der Waals surface area (Å²) in [6.07, 6.45) is 3.18. The number of rotatable bonds is 3. The number of hydrogen-bond acceptors (Lipinski definition) is 4. The summed E-state index contributed by atoms with van der Waals surface area (Å²) in [5.41, 5.74) is 0.425. The molecule has 1 rings (SSSR count). The monoisotopic (exact) mass is 324 g/mol. The van der Waals surface area contributed by atoms with Crippen molar-refractivity contribution in [3.63, 3.8) is 0 Å². The largest absolute Gasteiger partial charge is 0.334 e. The molecule has 19 heavy (non-hydrogen) atoms. The first-order valence-electron chi connectivity index (χ1n) is 5.51. The molecule has 1 aromatic rings. The molecule has 0 radical (unpaired) electrons. The summed E-state index contributed by atoms with van der Waals surface area (Å²) < 4.78 is 0.698. The van der Waals surface area contributed by atoms with E-state index < -0.39 is 11.8 Å². The van der Waals surface area contributed by atoms with Gasteiger partial charge in [-0.25, -0.2) is 0 Å². The Kier molecular flexibility index (Phi) is 5.45. The molecule has 0 aliphatic carbocycles. The predicted molar refractivity (Wildman–Crippen MR) is 73.0 cm³/mol. The van der Waals surface area contributed by atoms with E-state index in [9.17, 15) is 9.59 Å².